The lowest BCUT2D eigenvalue weighted by Gasteiger charge is -2.18. The molecule has 0 bridgehead atoms. The molecule has 2 saturated heterocycles. The lowest BCUT2D eigenvalue weighted by molar-refractivity contribution is -0.132. The maximum absolute atomic E-state index is 12.4. The van der Waals surface area contributed by atoms with E-state index in [2.05, 4.69) is 24.3 Å². The smallest absolute Gasteiger partial charge is 0.225 e. The summed E-state index contributed by atoms with van der Waals surface area (Å²) in [4.78, 5) is 14.4. The van der Waals surface area contributed by atoms with E-state index in [1.807, 2.05) is 11.0 Å². The maximum atomic E-state index is 12.4. The number of rotatable bonds is 4. The van der Waals surface area contributed by atoms with Crippen LogP contribution in [0.2, 0.25) is 0 Å². The number of carbonyl (C=O) groups excluding carboxylic acids is 1. The van der Waals surface area contributed by atoms with Crippen molar-refractivity contribution in [1.82, 2.24) is 4.90 Å². The number of nitrogens with zero attached hydrogens (tertiary/aromatic N) is 1. The third-order valence-electron chi connectivity index (χ3n) is 4.75. The maximum Gasteiger partial charge on any atom is 0.225 e. The van der Waals surface area contributed by atoms with Gasteiger partial charge in [0.2, 0.25) is 5.91 Å². The number of amides is 1. The molecule has 2 fully saturated rings. The zero-order chi connectivity index (χ0) is 14.7. The molecule has 1 unspecified atom stereocenters. The Kier molecular flexibility index (Phi) is 6.24. The number of likely N-dealkylation sites (tertiary alicyclic amines) is 1. The highest BCUT2D eigenvalue weighted by Crippen LogP contribution is 2.32. The number of halogens is 1. The third kappa shape index (κ3) is 3.80. The number of carbonyl (C=O) groups is 1. The quantitative estimate of drug-likeness (QED) is 0.923. The summed E-state index contributed by atoms with van der Waals surface area (Å²) >= 11 is 0. The summed E-state index contributed by atoms with van der Waals surface area (Å²) in [5, 5.41) is 0. The molecule has 0 radical (unpaired) electrons. The molecular formula is C17H25ClN2O2. The number of hydrogen-bond acceptors (Lipinski definition) is 3. The van der Waals surface area contributed by atoms with Gasteiger partial charge in [0.05, 0.1) is 12.5 Å². The summed E-state index contributed by atoms with van der Waals surface area (Å²) in [5.41, 5.74) is 7.22. The molecule has 1 aromatic carbocycles. The van der Waals surface area contributed by atoms with Crippen molar-refractivity contribution < 1.29 is 9.53 Å². The molecule has 0 aromatic heterocycles. The first kappa shape index (κ1) is 17.3. The predicted molar refractivity (Wildman–Crippen MR) is 89.1 cm³/mol. The number of hydrogen-bond donors (Lipinski definition) is 1. The molecule has 0 aliphatic carbocycles. The van der Waals surface area contributed by atoms with E-state index in [1.165, 1.54) is 5.56 Å². The van der Waals surface area contributed by atoms with Crippen LogP contribution in [0.1, 0.15) is 30.7 Å². The number of benzene rings is 1. The van der Waals surface area contributed by atoms with Crippen LogP contribution in [0.25, 0.3) is 0 Å². The van der Waals surface area contributed by atoms with Gasteiger partial charge in [0.1, 0.15) is 0 Å². The molecule has 0 saturated carbocycles. The Labute approximate surface area is 138 Å². The van der Waals surface area contributed by atoms with E-state index in [1.54, 1.807) is 0 Å². The van der Waals surface area contributed by atoms with E-state index < -0.39 is 0 Å². The highest BCUT2D eigenvalue weighted by Gasteiger charge is 2.36. The topological polar surface area (TPSA) is 55.6 Å². The fourth-order valence-electron chi connectivity index (χ4n) is 3.52. The van der Waals surface area contributed by atoms with E-state index in [0.29, 0.717) is 24.8 Å². The second-order valence-electron chi connectivity index (χ2n) is 6.15. The van der Waals surface area contributed by atoms with Gasteiger partial charge in [-0.1, -0.05) is 30.3 Å². The molecule has 4 nitrogen and oxygen atoms in total. The first-order valence-corrected chi connectivity index (χ1v) is 7.92. The largest absolute Gasteiger partial charge is 0.378 e. The minimum atomic E-state index is 0. The van der Waals surface area contributed by atoms with Gasteiger partial charge >= 0.3 is 0 Å². The molecule has 3 rings (SSSR count). The Morgan fingerprint density at radius 1 is 1.27 bits per heavy atom. The van der Waals surface area contributed by atoms with Gasteiger partial charge in [-0.25, -0.2) is 0 Å². The van der Waals surface area contributed by atoms with Crippen LogP contribution in [0.3, 0.4) is 0 Å². The summed E-state index contributed by atoms with van der Waals surface area (Å²) < 4.78 is 5.58. The minimum absolute atomic E-state index is 0. The van der Waals surface area contributed by atoms with Gasteiger partial charge in [-0.3, -0.25) is 4.79 Å². The second-order valence-corrected chi connectivity index (χ2v) is 6.15. The molecule has 1 amide bonds. The summed E-state index contributed by atoms with van der Waals surface area (Å²) in [6.45, 7) is 3.00. The zero-order valence-corrected chi connectivity index (χ0v) is 13.6. The first-order valence-electron chi connectivity index (χ1n) is 7.92. The van der Waals surface area contributed by atoms with Crippen molar-refractivity contribution in [3.05, 3.63) is 35.9 Å². The molecule has 122 valence electrons. The van der Waals surface area contributed by atoms with Gasteiger partial charge in [-0.15, -0.1) is 12.4 Å². The highest BCUT2D eigenvalue weighted by molar-refractivity contribution is 5.85. The van der Waals surface area contributed by atoms with Gasteiger partial charge < -0.3 is 15.4 Å². The van der Waals surface area contributed by atoms with Gasteiger partial charge in [-0.05, 0) is 30.9 Å². The fourth-order valence-corrected chi connectivity index (χ4v) is 3.52. The molecule has 2 aliphatic heterocycles. The van der Waals surface area contributed by atoms with Gasteiger partial charge in [0.15, 0.2) is 0 Å². The Hall–Kier alpha value is -1.10. The van der Waals surface area contributed by atoms with Crippen LogP contribution < -0.4 is 5.73 Å². The standard InChI is InChI=1S/C17H24N2O2.ClH/c18-10-14-11-19(17(20)9-15-7-4-8-21-15)12-16(14)13-5-2-1-3-6-13;/h1-3,5-6,14-16H,4,7-12,18H2;1H/t14-,15?,16+;/m1./s1. The predicted octanol–water partition coefficient (Wildman–Crippen LogP) is 2.18. The van der Waals surface area contributed by atoms with Crippen LogP contribution >= 0.6 is 12.4 Å². The van der Waals surface area contributed by atoms with E-state index >= 15 is 0 Å². The van der Waals surface area contributed by atoms with E-state index in [4.69, 9.17) is 10.5 Å². The molecule has 0 spiro atoms. The minimum Gasteiger partial charge on any atom is -0.378 e. The Balaban J connectivity index is 0.00000176. The van der Waals surface area contributed by atoms with E-state index in [-0.39, 0.29) is 24.4 Å². The van der Waals surface area contributed by atoms with Crippen molar-refractivity contribution in [3.63, 3.8) is 0 Å². The molecule has 2 N–H and O–H groups in total. The third-order valence-corrected chi connectivity index (χ3v) is 4.75. The van der Waals surface area contributed by atoms with Crippen LogP contribution in [0.15, 0.2) is 30.3 Å². The summed E-state index contributed by atoms with van der Waals surface area (Å²) in [6.07, 6.45) is 2.75. The highest BCUT2D eigenvalue weighted by atomic mass is 35.5. The second kappa shape index (κ2) is 7.95. The fraction of sp³-hybridized carbons (Fsp3) is 0.588. The average Bonchev–Trinajstić information content (AvgIpc) is 3.17. The van der Waals surface area contributed by atoms with Crippen LogP contribution in [0.5, 0.6) is 0 Å². The van der Waals surface area contributed by atoms with Crippen LogP contribution in [0, 0.1) is 5.92 Å². The van der Waals surface area contributed by atoms with Crippen molar-refractivity contribution in [2.45, 2.75) is 31.3 Å². The lowest BCUT2D eigenvalue weighted by Crippen LogP contribution is -2.32. The first-order chi connectivity index (χ1) is 10.3. The molecule has 1 aromatic rings. The van der Waals surface area contributed by atoms with Gasteiger partial charge in [0.25, 0.3) is 0 Å². The molecule has 2 heterocycles. The summed E-state index contributed by atoms with van der Waals surface area (Å²) in [6, 6.07) is 10.4. The Morgan fingerprint density at radius 3 is 2.68 bits per heavy atom. The van der Waals surface area contributed by atoms with Crippen LogP contribution in [0.4, 0.5) is 0 Å². The molecule has 3 atom stereocenters. The molecular weight excluding hydrogens is 300 g/mol. The normalized spacial score (nSPS) is 27.7. The zero-order valence-electron chi connectivity index (χ0n) is 12.8. The van der Waals surface area contributed by atoms with Crippen LogP contribution in [-0.2, 0) is 9.53 Å². The van der Waals surface area contributed by atoms with Crippen molar-refractivity contribution in [1.29, 1.82) is 0 Å². The van der Waals surface area contributed by atoms with Gasteiger partial charge in [0, 0.05) is 25.6 Å². The van der Waals surface area contributed by atoms with Crippen molar-refractivity contribution in [3.8, 4) is 0 Å². The Bertz CT molecular complexity index is 477. The molecule has 2 aliphatic rings. The number of ether oxygens (including phenoxy) is 1. The summed E-state index contributed by atoms with van der Waals surface area (Å²) in [5.74, 6) is 0.948. The number of nitrogens with two attached hydrogens (primary N) is 1. The van der Waals surface area contributed by atoms with E-state index in [0.717, 1.165) is 32.5 Å². The SMILES string of the molecule is Cl.NC[C@@H]1CN(C(=O)CC2CCCO2)C[C@H]1c1ccccc1. The monoisotopic (exact) mass is 324 g/mol. The van der Waals surface area contributed by atoms with Crippen molar-refractivity contribution in [2.75, 3.05) is 26.2 Å². The van der Waals surface area contributed by atoms with Crippen molar-refractivity contribution in [2.24, 2.45) is 11.7 Å². The lowest BCUT2D eigenvalue weighted by atomic mass is 9.89. The van der Waals surface area contributed by atoms with Crippen LogP contribution in [-0.4, -0.2) is 43.2 Å². The van der Waals surface area contributed by atoms with E-state index in [9.17, 15) is 4.79 Å². The average molecular weight is 325 g/mol. The van der Waals surface area contributed by atoms with Gasteiger partial charge in [-0.2, -0.15) is 0 Å². The molecule has 5 heteroatoms. The molecule has 22 heavy (non-hydrogen) atoms. The van der Waals surface area contributed by atoms with Crippen molar-refractivity contribution >= 4 is 18.3 Å². The summed E-state index contributed by atoms with van der Waals surface area (Å²) in [7, 11) is 0. The Morgan fingerprint density at radius 2 is 2.05 bits per heavy atom.